The van der Waals surface area contributed by atoms with E-state index < -0.39 is 0 Å². The Hall–Kier alpha value is -3.39. The number of anilines is 1. The summed E-state index contributed by atoms with van der Waals surface area (Å²) in [6.45, 7) is 2.88. The van der Waals surface area contributed by atoms with E-state index in [-0.39, 0.29) is 11.7 Å². The van der Waals surface area contributed by atoms with Crippen molar-refractivity contribution in [2.45, 2.75) is 6.10 Å². The molecule has 1 unspecified atom stereocenters. The van der Waals surface area contributed by atoms with Crippen molar-refractivity contribution in [1.29, 1.82) is 0 Å². The monoisotopic (exact) mass is 406 g/mol. The second-order valence-corrected chi connectivity index (χ2v) is 7.28. The second kappa shape index (κ2) is 7.79. The van der Waals surface area contributed by atoms with Crippen LogP contribution in [0.1, 0.15) is 11.7 Å². The van der Waals surface area contributed by atoms with Gasteiger partial charge in [0.1, 0.15) is 19.3 Å². The summed E-state index contributed by atoms with van der Waals surface area (Å²) in [5.74, 6) is 2.12. The fourth-order valence-electron chi connectivity index (χ4n) is 3.77. The van der Waals surface area contributed by atoms with Crippen LogP contribution in [-0.4, -0.2) is 47.4 Å². The van der Waals surface area contributed by atoms with Gasteiger partial charge >= 0.3 is 0 Å². The number of aromatic nitrogens is 3. The molecule has 0 spiro atoms. The third-order valence-electron chi connectivity index (χ3n) is 5.37. The highest BCUT2D eigenvalue weighted by Crippen LogP contribution is 2.35. The van der Waals surface area contributed by atoms with Gasteiger partial charge in [0.25, 0.3) is 5.56 Å². The minimum Gasteiger partial charge on any atom is -0.486 e. The minimum atomic E-state index is -0.156. The van der Waals surface area contributed by atoms with Gasteiger partial charge in [-0.2, -0.15) is 0 Å². The lowest BCUT2D eigenvalue weighted by Crippen LogP contribution is -2.41. The van der Waals surface area contributed by atoms with Gasteiger partial charge in [0, 0.05) is 37.6 Å². The number of nitrogens with zero attached hydrogens (tertiary/aromatic N) is 4. The zero-order valence-electron chi connectivity index (χ0n) is 16.7. The first-order chi connectivity index (χ1) is 14.7. The maximum atomic E-state index is 12.6. The lowest BCUT2D eigenvalue weighted by molar-refractivity contribution is 0.0386. The fourth-order valence-corrected chi connectivity index (χ4v) is 3.77. The highest BCUT2D eigenvalue weighted by molar-refractivity contribution is 5.59. The molecule has 8 heteroatoms. The van der Waals surface area contributed by atoms with E-state index >= 15 is 0 Å². The second-order valence-electron chi connectivity index (χ2n) is 7.28. The molecule has 154 valence electrons. The molecule has 2 aliphatic heterocycles. The van der Waals surface area contributed by atoms with Crippen LogP contribution in [0.4, 0.5) is 5.95 Å². The lowest BCUT2D eigenvalue weighted by Gasteiger charge is -2.35. The minimum absolute atomic E-state index is 0.103. The molecule has 0 aliphatic carbocycles. The third kappa shape index (κ3) is 3.50. The first-order valence-electron chi connectivity index (χ1n) is 9.93. The molecule has 0 saturated carbocycles. The number of hydrogen-bond donors (Lipinski definition) is 0. The Morgan fingerprint density at radius 3 is 2.63 bits per heavy atom. The van der Waals surface area contributed by atoms with Gasteiger partial charge in [-0.15, -0.1) is 0 Å². The summed E-state index contributed by atoms with van der Waals surface area (Å²) in [7, 11) is 1.75. The fraction of sp³-hybridized carbons (Fsp3) is 0.318. The number of benzene rings is 1. The Labute approximate surface area is 173 Å². The SMILES string of the molecule is Cn1c(N2CCOC(c3ccc4c(c3)OCCO4)C2)nc(-c2ccncc2)cc1=O. The van der Waals surface area contributed by atoms with Gasteiger partial charge in [0.15, 0.2) is 11.5 Å². The molecule has 2 aliphatic rings. The van der Waals surface area contributed by atoms with Crippen LogP contribution in [0.3, 0.4) is 0 Å². The van der Waals surface area contributed by atoms with Gasteiger partial charge in [0.05, 0.1) is 18.8 Å². The molecule has 1 fully saturated rings. The molecule has 5 rings (SSSR count). The molecule has 1 atom stereocenters. The number of fused-ring (bicyclic) bond motifs is 1. The Kier molecular flexibility index (Phi) is 4.84. The summed E-state index contributed by atoms with van der Waals surface area (Å²) in [5, 5.41) is 0. The van der Waals surface area contributed by atoms with Crippen molar-refractivity contribution in [3.8, 4) is 22.8 Å². The topological polar surface area (TPSA) is 78.7 Å². The van der Waals surface area contributed by atoms with Gasteiger partial charge in [-0.3, -0.25) is 14.3 Å². The van der Waals surface area contributed by atoms with E-state index in [2.05, 4.69) is 9.88 Å². The highest BCUT2D eigenvalue weighted by Gasteiger charge is 2.26. The van der Waals surface area contributed by atoms with Crippen LogP contribution in [0.5, 0.6) is 11.5 Å². The molecule has 0 radical (unpaired) electrons. The van der Waals surface area contributed by atoms with Crippen molar-refractivity contribution in [3.63, 3.8) is 0 Å². The number of pyridine rings is 1. The van der Waals surface area contributed by atoms with Crippen LogP contribution < -0.4 is 19.9 Å². The molecule has 1 aromatic carbocycles. The van der Waals surface area contributed by atoms with E-state index in [0.717, 1.165) is 22.6 Å². The Morgan fingerprint density at radius 1 is 1.00 bits per heavy atom. The zero-order chi connectivity index (χ0) is 20.5. The molecule has 0 N–H and O–H groups in total. The van der Waals surface area contributed by atoms with Crippen molar-refractivity contribution in [3.05, 3.63) is 64.7 Å². The van der Waals surface area contributed by atoms with E-state index in [1.807, 2.05) is 30.3 Å². The van der Waals surface area contributed by atoms with E-state index in [1.165, 1.54) is 0 Å². The molecular formula is C22H22N4O4. The normalized spacial score (nSPS) is 18.3. The largest absolute Gasteiger partial charge is 0.486 e. The van der Waals surface area contributed by atoms with E-state index in [1.54, 1.807) is 30.1 Å². The number of ether oxygens (including phenoxy) is 3. The van der Waals surface area contributed by atoms with E-state index in [0.29, 0.717) is 44.6 Å². The van der Waals surface area contributed by atoms with Crippen molar-refractivity contribution in [2.75, 3.05) is 37.8 Å². The van der Waals surface area contributed by atoms with E-state index in [9.17, 15) is 4.79 Å². The third-order valence-corrected chi connectivity index (χ3v) is 5.37. The molecule has 8 nitrogen and oxygen atoms in total. The average molecular weight is 406 g/mol. The van der Waals surface area contributed by atoms with Gasteiger partial charge in [0.2, 0.25) is 5.95 Å². The van der Waals surface area contributed by atoms with Crippen molar-refractivity contribution < 1.29 is 14.2 Å². The van der Waals surface area contributed by atoms with Crippen molar-refractivity contribution in [2.24, 2.45) is 7.05 Å². The van der Waals surface area contributed by atoms with Crippen LogP contribution in [0, 0.1) is 0 Å². The molecule has 4 heterocycles. The Bertz CT molecular complexity index is 1120. The van der Waals surface area contributed by atoms with E-state index in [4.69, 9.17) is 19.2 Å². The smallest absolute Gasteiger partial charge is 0.255 e. The number of rotatable bonds is 3. The van der Waals surface area contributed by atoms with Gasteiger partial charge in [-0.05, 0) is 29.8 Å². The highest BCUT2D eigenvalue weighted by atomic mass is 16.6. The molecule has 1 saturated heterocycles. The lowest BCUT2D eigenvalue weighted by atomic mass is 10.1. The maximum Gasteiger partial charge on any atom is 0.255 e. The summed E-state index contributed by atoms with van der Waals surface area (Å²) in [5.41, 5.74) is 2.41. The van der Waals surface area contributed by atoms with Gasteiger partial charge in [-0.25, -0.2) is 4.98 Å². The first kappa shape index (κ1) is 18.6. The van der Waals surface area contributed by atoms with Crippen LogP contribution in [0.25, 0.3) is 11.3 Å². The van der Waals surface area contributed by atoms with Crippen molar-refractivity contribution in [1.82, 2.24) is 14.5 Å². The number of morpholine rings is 1. The summed E-state index contributed by atoms with van der Waals surface area (Å²) < 4.78 is 18.9. The van der Waals surface area contributed by atoms with Crippen LogP contribution in [-0.2, 0) is 11.8 Å². The molecule has 0 amide bonds. The van der Waals surface area contributed by atoms with Crippen LogP contribution >= 0.6 is 0 Å². The molecule has 3 aromatic rings. The van der Waals surface area contributed by atoms with Crippen LogP contribution in [0.2, 0.25) is 0 Å². The molecule has 30 heavy (non-hydrogen) atoms. The standard InChI is InChI=1S/C22H22N4O4/c1-25-21(27)13-17(15-4-6-23-7-5-15)24-22(25)26-8-9-28-20(14-26)16-2-3-18-19(12-16)30-11-10-29-18/h2-7,12-13,20H,8-11,14H2,1H3. The first-order valence-corrected chi connectivity index (χ1v) is 9.93. The quantitative estimate of drug-likeness (QED) is 0.660. The van der Waals surface area contributed by atoms with Gasteiger partial charge in [-0.1, -0.05) is 6.07 Å². The Balaban J connectivity index is 1.45. The molecular weight excluding hydrogens is 384 g/mol. The summed E-state index contributed by atoms with van der Waals surface area (Å²) in [6.07, 6.45) is 3.23. The predicted octanol–water partition coefficient (Wildman–Crippen LogP) is 2.19. The predicted molar refractivity (Wildman–Crippen MR) is 111 cm³/mol. The number of hydrogen-bond acceptors (Lipinski definition) is 7. The van der Waals surface area contributed by atoms with Crippen molar-refractivity contribution >= 4 is 5.95 Å². The molecule has 2 aromatic heterocycles. The Morgan fingerprint density at radius 2 is 1.80 bits per heavy atom. The maximum absolute atomic E-state index is 12.6. The summed E-state index contributed by atoms with van der Waals surface area (Å²) >= 11 is 0. The van der Waals surface area contributed by atoms with Gasteiger partial charge < -0.3 is 19.1 Å². The average Bonchev–Trinajstić information content (AvgIpc) is 2.81. The molecule has 0 bridgehead atoms. The summed E-state index contributed by atoms with van der Waals surface area (Å²) in [6, 6.07) is 11.2. The van der Waals surface area contributed by atoms with Crippen LogP contribution in [0.15, 0.2) is 53.6 Å². The zero-order valence-corrected chi connectivity index (χ0v) is 16.7. The summed E-state index contributed by atoms with van der Waals surface area (Å²) in [4.78, 5) is 23.5.